The first-order valence-corrected chi connectivity index (χ1v) is 7.55. The first kappa shape index (κ1) is 13.4. The van der Waals surface area contributed by atoms with Gasteiger partial charge in [0.05, 0.1) is 12.1 Å². The standard InChI is InChI=1S/C16H22N2O2/c19-13-7-4-10-18(11-13)16(20)17-15-9-3-6-12-5-1-2-8-14(12)15/h1-2,5,8,13,15,19H,3-4,6-7,9-11H2,(H,17,20). The van der Waals surface area contributed by atoms with Crippen LogP contribution in [0.15, 0.2) is 24.3 Å². The van der Waals surface area contributed by atoms with Crippen LogP contribution in [-0.4, -0.2) is 35.2 Å². The molecule has 4 heteroatoms. The number of likely N-dealkylation sites (tertiary alicyclic amines) is 1. The number of benzene rings is 1. The Hall–Kier alpha value is -1.55. The van der Waals surface area contributed by atoms with Gasteiger partial charge in [-0.2, -0.15) is 0 Å². The van der Waals surface area contributed by atoms with Crippen LogP contribution in [0.4, 0.5) is 4.79 Å². The molecule has 0 saturated carbocycles. The molecular weight excluding hydrogens is 252 g/mol. The van der Waals surface area contributed by atoms with Crippen LogP contribution in [0.1, 0.15) is 42.9 Å². The zero-order valence-electron chi connectivity index (χ0n) is 11.7. The van der Waals surface area contributed by atoms with Crippen molar-refractivity contribution in [2.24, 2.45) is 0 Å². The van der Waals surface area contributed by atoms with E-state index in [-0.39, 0.29) is 18.2 Å². The maximum absolute atomic E-state index is 12.3. The van der Waals surface area contributed by atoms with Crippen LogP contribution in [0.5, 0.6) is 0 Å². The highest BCUT2D eigenvalue weighted by Gasteiger charge is 2.26. The number of urea groups is 1. The van der Waals surface area contributed by atoms with Gasteiger partial charge in [-0.05, 0) is 43.2 Å². The van der Waals surface area contributed by atoms with Crippen LogP contribution in [0.2, 0.25) is 0 Å². The van der Waals surface area contributed by atoms with Gasteiger partial charge in [0.25, 0.3) is 0 Å². The molecule has 1 saturated heterocycles. The molecule has 0 radical (unpaired) electrons. The zero-order chi connectivity index (χ0) is 13.9. The molecule has 1 fully saturated rings. The second-order valence-corrected chi connectivity index (χ2v) is 5.84. The van der Waals surface area contributed by atoms with Crippen molar-refractivity contribution in [2.45, 2.75) is 44.2 Å². The second-order valence-electron chi connectivity index (χ2n) is 5.84. The number of piperidine rings is 1. The van der Waals surface area contributed by atoms with Crippen LogP contribution in [0.25, 0.3) is 0 Å². The largest absolute Gasteiger partial charge is 0.391 e. The van der Waals surface area contributed by atoms with E-state index in [0.717, 1.165) is 38.6 Å². The predicted octanol–water partition coefficient (Wildman–Crippen LogP) is 2.23. The summed E-state index contributed by atoms with van der Waals surface area (Å²) in [5.41, 5.74) is 2.60. The lowest BCUT2D eigenvalue weighted by Gasteiger charge is -2.33. The van der Waals surface area contributed by atoms with Crippen LogP contribution in [0.3, 0.4) is 0 Å². The van der Waals surface area contributed by atoms with Crippen LogP contribution >= 0.6 is 0 Å². The molecule has 1 aromatic carbocycles. The molecule has 4 nitrogen and oxygen atoms in total. The van der Waals surface area contributed by atoms with E-state index < -0.39 is 0 Å². The predicted molar refractivity (Wildman–Crippen MR) is 77.5 cm³/mol. The molecule has 0 aromatic heterocycles. The number of fused-ring (bicyclic) bond motifs is 1. The second kappa shape index (κ2) is 5.83. The van der Waals surface area contributed by atoms with E-state index in [1.54, 1.807) is 4.90 Å². The summed E-state index contributed by atoms with van der Waals surface area (Å²) >= 11 is 0. The Kier molecular flexibility index (Phi) is 3.92. The number of carbonyl (C=O) groups is 1. The minimum absolute atomic E-state index is 0.0366. The van der Waals surface area contributed by atoms with Crippen LogP contribution < -0.4 is 5.32 Å². The van der Waals surface area contributed by atoms with Crippen LogP contribution in [-0.2, 0) is 6.42 Å². The molecule has 0 spiro atoms. The number of carbonyl (C=O) groups excluding carboxylic acids is 1. The number of nitrogens with zero attached hydrogens (tertiary/aromatic N) is 1. The van der Waals surface area contributed by atoms with Crippen molar-refractivity contribution in [3.63, 3.8) is 0 Å². The molecule has 20 heavy (non-hydrogen) atoms. The SMILES string of the molecule is O=C(NC1CCCc2ccccc21)N1CCCC(O)C1. The van der Waals surface area contributed by atoms with Crippen molar-refractivity contribution in [1.29, 1.82) is 0 Å². The van der Waals surface area contributed by atoms with Crippen molar-refractivity contribution >= 4 is 6.03 Å². The summed E-state index contributed by atoms with van der Waals surface area (Å²) in [6.07, 6.45) is 4.54. The average molecular weight is 274 g/mol. The number of aryl methyl sites for hydroxylation is 1. The van der Waals surface area contributed by atoms with E-state index in [0.29, 0.717) is 6.54 Å². The quantitative estimate of drug-likeness (QED) is 0.825. The number of β-amino-alcohol motifs (C(OH)–C–C–N with tert-alkyl or cyclic N) is 1. The summed E-state index contributed by atoms with van der Waals surface area (Å²) < 4.78 is 0. The molecule has 108 valence electrons. The van der Waals surface area contributed by atoms with E-state index in [1.807, 2.05) is 6.07 Å². The number of nitrogens with one attached hydrogen (secondary N) is 1. The van der Waals surface area contributed by atoms with Crippen LogP contribution in [0, 0.1) is 0 Å². The summed E-state index contributed by atoms with van der Waals surface area (Å²) in [4.78, 5) is 14.1. The molecule has 3 rings (SSSR count). The monoisotopic (exact) mass is 274 g/mol. The van der Waals surface area contributed by atoms with E-state index in [9.17, 15) is 9.90 Å². The number of aliphatic hydroxyl groups is 1. The van der Waals surface area contributed by atoms with Crippen molar-refractivity contribution < 1.29 is 9.90 Å². The van der Waals surface area contributed by atoms with E-state index in [1.165, 1.54) is 11.1 Å². The topological polar surface area (TPSA) is 52.6 Å². The van der Waals surface area contributed by atoms with Gasteiger partial charge in [0.1, 0.15) is 0 Å². The molecule has 2 amide bonds. The molecule has 2 N–H and O–H groups in total. The van der Waals surface area contributed by atoms with Crippen molar-refractivity contribution in [2.75, 3.05) is 13.1 Å². The normalized spacial score (nSPS) is 25.9. The van der Waals surface area contributed by atoms with E-state index >= 15 is 0 Å². The Morgan fingerprint density at radius 1 is 1.25 bits per heavy atom. The van der Waals surface area contributed by atoms with Crippen molar-refractivity contribution in [1.82, 2.24) is 10.2 Å². The van der Waals surface area contributed by atoms with Gasteiger partial charge in [-0.15, -0.1) is 0 Å². The lowest BCUT2D eigenvalue weighted by atomic mass is 9.88. The van der Waals surface area contributed by atoms with Gasteiger partial charge < -0.3 is 15.3 Å². The lowest BCUT2D eigenvalue weighted by molar-refractivity contribution is 0.0830. The van der Waals surface area contributed by atoms with Gasteiger partial charge in [0.2, 0.25) is 0 Å². The first-order chi connectivity index (χ1) is 9.74. The van der Waals surface area contributed by atoms with Crippen molar-refractivity contribution in [3.05, 3.63) is 35.4 Å². The Morgan fingerprint density at radius 3 is 2.95 bits per heavy atom. The highest BCUT2D eigenvalue weighted by molar-refractivity contribution is 5.75. The highest BCUT2D eigenvalue weighted by Crippen LogP contribution is 2.29. The fourth-order valence-corrected chi connectivity index (χ4v) is 3.28. The summed E-state index contributed by atoms with van der Waals surface area (Å²) in [7, 11) is 0. The number of aliphatic hydroxyl groups excluding tert-OH is 1. The Morgan fingerprint density at radius 2 is 2.10 bits per heavy atom. The molecule has 1 heterocycles. The van der Waals surface area contributed by atoms with Gasteiger partial charge in [-0.1, -0.05) is 24.3 Å². The van der Waals surface area contributed by atoms with Gasteiger partial charge in [0, 0.05) is 13.1 Å². The fourth-order valence-electron chi connectivity index (χ4n) is 3.28. The van der Waals surface area contributed by atoms with Gasteiger partial charge in [-0.3, -0.25) is 0 Å². The molecule has 2 unspecified atom stereocenters. The number of hydrogen-bond donors (Lipinski definition) is 2. The third kappa shape index (κ3) is 2.80. The molecule has 2 atom stereocenters. The maximum atomic E-state index is 12.3. The summed E-state index contributed by atoms with van der Waals surface area (Å²) in [6.45, 7) is 1.21. The molecule has 1 aliphatic carbocycles. The van der Waals surface area contributed by atoms with E-state index in [4.69, 9.17) is 0 Å². The third-order valence-electron chi connectivity index (χ3n) is 4.35. The summed E-state index contributed by atoms with van der Waals surface area (Å²) in [5, 5.41) is 12.8. The molecule has 0 bridgehead atoms. The molecular formula is C16H22N2O2. The van der Waals surface area contributed by atoms with Gasteiger partial charge >= 0.3 is 6.03 Å². The van der Waals surface area contributed by atoms with Crippen molar-refractivity contribution in [3.8, 4) is 0 Å². The Balaban J connectivity index is 1.68. The Bertz CT molecular complexity index is 489. The van der Waals surface area contributed by atoms with Gasteiger partial charge in [-0.25, -0.2) is 4.79 Å². The minimum Gasteiger partial charge on any atom is -0.391 e. The minimum atomic E-state index is -0.367. The summed E-state index contributed by atoms with van der Waals surface area (Å²) in [6, 6.07) is 8.44. The molecule has 1 aliphatic heterocycles. The average Bonchev–Trinajstić information content (AvgIpc) is 2.47. The first-order valence-electron chi connectivity index (χ1n) is 7.55. The number of amides is 2. The lowest BCUT2D eigenvalue weighted by Crippen LogP contribution is -2.48. The Labute approximate surface area is 119 Å². The molecule has 1 aromatic rings. The van der Waals surface area contributed by atoms with E-state index in [2.05, 4.69) is 23.5 Å². The number of hydrogen-bond acceptors (Lipinski definition) is 2. The van der Waals surface area contributed by atoms with Gasteiger partial charge in [0.15, 0.2) is 0 Å². The summed E-state index contributed by atoms with van der Waals surface area (Å²) in [5.74, 6) is 0. The zero-order valence-corrected chi connectivity index (χ0v) is 11.7. The highest BCUT2D eigenvalue weighted by atomic mass is 16.3. The smallest absolute Gasteiger partial charge is 0.317 e. The number of rotatable bonds is 1. The fraction of sp³-hybridized carbons (Fsp3) is 0.562. The molecule has 2 aliphatic rings. The third-order valence-corrected chi connectivity index (χ3v) is 4.35. The maximum Gasteiger partial charge on any atom is 0.317 e.